The topological polar surface area (TPSA) is 130 Å². The zero-order valence-electron chi connectivity index (χ0n) is 7.80. The Morgan fingerprint density at radius 2 is 1.80 bits per heavy atom. The summed E-state index contributed by atoms with van der Waals surface area (Å²) in [6.07, 6.45) is -0.474. The summed E-state index contributed by atoms with van der Waals surface area (Å²) in [6.45, 7) is -0.323. The van der Waals surface area contributed by atoms with E-state index in [0.717, 1.165) is 0 Å². The van der Waals surface area contributed by atoms with E-state index in [9.17, 15) is 14.4 Å². The minimum Gasteiger partial charge on any atom is -0.481 e. The van der Waals surface area contributed by atoms with Gasteiger partial charge in [-0.3, -0.25) is 9.59 Å². The highest BCUT2D eigenvalue weighted by Gasteiger charge is 2.19. The molecule has 0 aliphatic rings. The summed E-state index contributed by atoms with van der Waals surface area (Å²) in [6, 6.07) is -1.19. The molecule has 88 valence electrons. The maximum absolute atomic E-state index is 10.7. The average molecular weight is 241 g/mol. The number of carboxylic acids is 2. The summed E-state index contributed by atoms with van der Waals surface area (Å²) >= 11 is 0. The molecule has 0 heterocycles. The monoisotopic (exact) mass is 240 g/mol. The van der Waals surface area contributed by atoms with Crippen molar-refractivity contribution in [1.29, 1.82) is 0 Å². The normalized spacial score (nSPS) is 11.0. The number of nitrogens with two attached hydrogens (primary N) is 1. The molecule has 0 aromatic carbocycles. The van der Waals surface area contributed by atoms with Gasteiger partial charge in [0.05, 0.1) is 6.54 Å². The van der Waals surface area contributed by atoms with Crippen molar-refractivity contribution in [3.63, 3.8) is 0 Å². The van der Waals surface area contributed by atoms with Crippen molar-refractivity contribution in [1.82, 2.24) is 5.32 Å². The molecule has 0 spiro atoms. The van der Waals surface area contributed by atoms with Crippen LogP contribution < -0.4 is 11.1 Å². The zero-order chi connectivity index (χ0) is 11.1. The Hall–Kier alpha value is -1.34. The van der Waals surface area contributed by atoms with Crippen molar-refractivity contribution in [2.24, 2.45) is 5.73 Å². The van der Waals surface area contributed by atoms with Crippen LogP contribution in [0.15, 0.2) is 0 Å². The van der Waals surface area contributed by atoms with Crippen LogP contribution in [0.4, 0.5) is 0 Å². The molecule has 5 N–H and O–H groups in total. The first-order valence-corrected chi connectivity index (χ1v) is 3.91. The van der Waals surface area contributed by atoms with Gasteiger partial charge in [-0.15, -0.1) is 12.4 Å². The maximum atomic E-state index is 10.7. The number of carboxylic acid groups (broad SMARTS) is 2. The molecule has 0 saturated carbocycles. The van der Waals surface area contributed by atoms with Gasteiger partial charge in [0.1, 0.15) is 6.04 Å². The molecule has 0 aliphatic carbocycles. The van der Waals surface area contributed by atoms with Gasteiger partial charge in [-0.2, -0.15) is 0 Å². The minimum atomic E-state index is -1.27. The molecular formula is C7H13ClN2O5. The highest BCUT2D eigenvalue weighted by Crippen LogP contribution is 1.97. The quantitative estimate of drug-likeness (QED) is 0.461. The fraction of sp³-hybridized carbons (Fsp3) is 0.571. The largest absolute Gasteiger partial charge is 0.481 e. The zero-order valence-corrected chi connectivity index (χ0v) is 8.62. The summed E-state index contributed by atoms with van der Waals surface area (Å²) in [5.41, 5.74) is 4.96. The lowest BCUT2D eigenvalue weighted by molar-refractivity contribution is -0.142. The standard InChI is InChI=1S/C7H12N2O5.ClH/c8-3-5(10)9-4(7(13)14)1-2-6(11)12;/h4H,1-3,8H2,(H,9,10)(H,11,12)(H,13,14);1H/t4-;/m0./s1. The number of carbonyl (C=O) groups excluding carboxylic acids is 1. The van der Waals surface area contributed by atoms with Crippen LogP contribution in [-0.4, -0.2) is 40.6 Å². The van der Waals surface area contributed by atoms with Gasteiger partial charge in [0, 0.05) is 6.42 Å². The summed E-state index contributed by atoms with van der Waals surface area (Å²) in [5.74, 6) is -3.01. The van der Waals surface area contributed by atoms with Crippen molar-refractivity contribution in [3.05, 3.63) is 0 Å². The molecule has 0 saturated heterocycles. The highest BCUT2D eigenvalue weighted by atomic mass is 35.5. The molecular weight excluding hydrogens is 228 g/mol. The van der Waals surface area contributed by atoms with Crippen LogP contribution in [0.3, 0.4) is 0 Å². The molecule has 7 nitrogen and oxygen atoms in total. The summed E-state index contributed by atoms with van der Waals surface area (Å²) in [4.78, 5) is 31.4. The van der Waals surface area contributed by atoms with Crippen LogP contribution in [0, 0.1) is 0 Å². The lowest BCUT2D eigenvalue weighted by atomic mass is 10.1. The second-order valence-electron chi connectivity index (χ2n) is 2.59. The Labute approximate surface area is 92.0 Å². The molecule has 0 bridgehead atoms. The molecule has 1 amide bonds. The number of aliphatic carboxylic acids is 2. The van der Waals surface area contributed by atoms with Gasteiger partial charge < -0.3 is 21.3 Å². The van der Waals surface area contributed by atoms with E-state index in [1.165, 1.54) is 0 Å². The Bertz CT molecular complexity index is 246. The third-order valence-electron chi connectivity index (χ3n) is 1.47. The van der Waals surface area contributed by atoms with Gasteiger partial charge in [0.15, 0.2) is 0 Å². The van der Waals surface area contributed by atoms with E-state index in [-0.39, 0.29) is 31.8 Å². The predicted molar refractivity (Wildman–Crippen MR) is 52.7 cm³/mol. The van der Waals surface area contributed by atoms with Crippen LogP contribution in [0.25, 0.3) is 0 Å². The Balaban J connectivity index is 0. The number of carbonyl (C=O) groups is 3. The summed E-state index contributed by atoms with van der Waals surface area (Å²) < 4.78 is 0. The van der Waals surface area contributed by atoms with Crippen molar-refractivity contribution in [2.45, 2.75) is 18.9 Å². The fourth-order valence-electron chi connectivity index (χ4n) is 0.778. The molecule has 0 rings (SSSR count). The van der Waals surface area contributed by atoms with Gasteiger partial charge in [-0.25, -0.2) is 4.79 Å². The number of nitrogens with one attached hydrogen (secondary N) is 1. The van der Waals surface area contributed by atoms with Crippen molar-refractivity contribution < 1.29 is 24.6 Å². The van der Waals surface area contributed by atoms with Gasteiger partial charge in [0.2, 0.25) is 5.91 Å². The van der Waals surface area contributed by atoms with Crippen molar-refractivity contribution >= 4 is 30.3 Å². The van der Waals surface area contributed by atoms with Gasteiger partial charge in [-0.1, -0.05) is 0 Å². The van der Waals surface area contributed by atoms with Crippen LogP contribution in [-0.2, 0) is 14.4 Å². The Kier molecular flexibility index (Phi) is 8.60. The molecule has 0 aliphatic heterocycles. The third-order valence-corrected chi connectivity index (χ3v) is 1.47. The van der Waals surface area contributed by atoms with Crippen LogP contribution in [0.2, 0.25) is 0 Å². The summed E-state index contributed by atoms with van der Waals surface area (Å²) in [5, 5.41) is 19.0. The van der Waals surface area contributed by atoms with Crippen LogP contribution in [0.1, 0.15) is 12.8 Å². The molecule has 0 unspecified atom stereocenters. The number of rotatable bonds is 6. The SMILES string of the molecule is Cl.NCC(=O)N[C@@H](CCC(=O)O)C(=O)O. The second-order valence-corrected chi connectivity index (χ2v) is 2.59. The number of hydrogen-bond donors (Lipinski definition) is 4. The number of amides is 1. The van der Waals surface area contributed by atoms with E-state index in [0.29, 0.717) is 0 Å². The molecule has 15 heavy (non-hydrogen) atoms. The molecule has 8 heteroatoms. The van der Waals surface area contributed by atoms with Crippen LogP contribution >= 0.6 is 12.4 Å². The third kappa shape index (κ3) is 7.71. The Morgan fingerprint density at radius 1 is 1.27 bits per heavy atom. The van der Waals surface area contributed by atoms with Crippen molar-refractivity contribution in [2.75, 3.05) is 6.54 Å². The second kappa shape index (κ2) is 8.01. The van der Waals surface area contributed by atoms with E-state index in [1.807, 2.05) is 0 Å². The first-order valence-electron chi connectivity index (χ1n) is 3.91. The van der Waals surface area contributed by atoms with E-state index >= 15 is 0 Å². The number of halogens is 1. The number of hydrogen-bond acceptors (Lipinski definition) is 4. The lowest BCUT2D eigenvalue weighted by Gasteiger charge is -2.12. The fourth-order valence-corrected chi connectivity index (χ4v) is 0.778. The molecule has 0 radical (unpaired) electrons. The predicted octanol–water partition coefficient (Wildman–Crippen LogP) is -1.20. The van der Waals surface area contributed by atoms with Crippen LogP contribution in [0.5, 0.6) is 0 Å². The molecule has 0 aromatic rings. The highest BCUT2D eigenvalue weighted by molar-refractivity contribution is 5.85. The molecule has 0 aromatic heterocycles. The Morgan fingerprint density at radius 3 is 2.13 bits per heavy atom. The van der Waals surface area contributed by atoms with E-state index < -0.39 is 23.9 Å². The van der Waals surface area contributed by atoms with Gasteiger partial charge >= 0.3 is 11.9 Å². The lowest BCUT2D eigenvalue weighted by Crippen LogP contribution is -2.43. The van der Waals surface area contributed by atoms with E-state index in [1.54, 1.807) is 0 Å². The molecule has 1 atom stereocenters. The van der Waals surface area contributed by atoms with Crippen molar-refractivity contribution in [3.8, 4) is 0 Å². The van der Waals surface area contributed by atoms with Gasteiger partial charge in [-0.05, 0) is 6.42 Å². The van der Waals surface area contributed by atoms with Gasteiger partial charge in [0.25, 0.3) is 0 Å². The maximum Gasteiger partial charge on any atom is 0.326 e. The first kappa shape index (κ1) is 16.1. The van der Waals surface area contributed by atoms with E-state index in [4.69, 9.17) is 15.9 Å². The molecule has 0 fully saturated rings. The van der Waals surface area contributed by atoms with E-state index in [2.05, 4.69) is 5.32 Å². The average Bonchev–Trinajstić information content (AvgIpc) is 2.10. The first-order chi connectivity index (χ1) is 6.47. The summed E-state index contributed by atoms with van der Waals surface area (Å²) in [7, 11) is 0. The minimum absolute atomic E-state index is 0. The smallest absolute Gasteiger partial charge is 0.326 e.